The Morgan fingerprint density at radius 3 is 1.87 bits per heavy atom. The van der Waals surface area contributed by atoms with Gasteiger partial charge in [0.1, 0.15) is 18.6 Å². The highest BCUT2D eigenvalue weighted by molar-refractivity contribution is 5.94. The van der Waals surface area contributed by atoms with Gasteiger partial charge in [0.25, 0.3) is 0 Å². The van der Waals surface area contributed by atoms with E-state index in [4.69, 9.17) is 21.7 Å². The Balaban J connectivity index is 5.29. The van der Waals surface area contributed by atoms with Crippen LogP contribution in [0.5, 0.6) is 0 Å². The van der Waals surface area contributed by atoms with Crippen LogP contribution < -0.4 is 27.4 Å². The molecule has 9 N–H and O–H groups in total. The third-order valence-electron chi connectivity index (χ3n) is 4.07. The normalized spacial score (nSPS) is 13.5. The molecule has 0 saturated carbocycles. The van der Waals surface area contributed by atoms with Gasteiger partial charge in [-0.2, -0.15) is 0 Å². The number of carboxylic acids is 2. The van der Waals surface area contributed by atoms with Crippen molar-refractivity contribution in [3.63, 3.8) is 0 Å². The fourth-order valence-electron chi connectivity index (χ4n) is 2.51. The first-order valence-electron chi connectivity index (χ1n) is 9.69. The molecule has 0 radical (unpaired) electrons. The Hall–Kier alpha value is -3.22. The minimum absolute atomic E-state index is 0.0461. The zero-order chi connectivity index (χ0) is 24.1. The summed E-state index contributed by atoms with van der Waals surface area (Å²) in [7, 11) is 0. The molecule has 0 aromatic carbocycles. The minimum Gasteiger partial charge on any atom is -0.481 e. The number of primary amides is 1. The summed E-state index contributed by atoms with van der Waals surface area (Å²) in [6.45, 7) is 2.92. The van der Waals surface area contributed by atoms with Crippen molar-refractivity contribution in [1.82, 2.24) is 16.0 Å². The number of carboxylic acid groups (broad SMARTS) is 2. The molecule has 0 fully saturated rings. The van der Waals surface area contributed by atoms with Gasteiger partial charge in [0.2, 0.25) is 23.6 Å². The Morgan fingerprint density at radius 1 is 0.806 bits per heavy atom. The van der Waals surface area contributed by atoms with Crippen LogP contribution >= 0.6 is 0 Å². The molecule has 0 bridgehead atoms. The van der Waals surface area contributed by atoms with E-state index in [1.807, 2.05) is 0 Å². The summed E-state index contributed by atoms with van der Waals surface area (Å²) < 4.78 is 0. The maximum absolute atomic E-state index is 12.7. The molecule has 176 valence electrons. The molecule has 3 unspecified atom stereocenters. The average molecular weight is 445 g/mol. The van der Waals surface area contributed by atoms with Gasteiger partial charge in [0.05, 0.1) is 6.04 Å². The van der Waals surface area contributed by atoms with Crippen LogP contribution in [0.25, 0.3) is 0 Å². The number of aliphatic carboxylic acids is 2. The molecule has 0 heterocycles. The van der Waals surface area contributed by atoms with Crippen molar-refractivity contribution >= 4 is 35.6 Å². The Morgan fingerprint density at radius 2 is 1.39 bits per heavy atom. The van der Waals surface area contributed by atoms with E-state index in [2.05, 4.69) is 16.0 Å². The van der Waals surface area contributed by atoms with Crippen LogP contribution in [0, 0.1) is 5.92 Å². The molecule has 4 amide bonds. The topological polar surface area (TPSA) is 231 Å². The summed E-state index contributed by atoms with van der Waals surface area (Å²) in [6.07, 6.45) is -0.771. The average Bonchev–Trinajstić information content (AvgIpc) is 2.65. The van der Waals surface area contributed by atoms with Crippen LogP contribution in [0.4, 0.5) is 0 Å². The van der Waals surface area contributed by atoms with E-state index in [9.17, 15) is 28.8 Å². The minimum atomic E-state index is -1.31. The molecule has 13 nitrogen and oxygen atoms in total. The van der Waals surface area contributed by atoms with Gasteiger partial charge in [-0.05, 0) is 25.2 Å². The number of carbonyl (C=O) groups is 6. The molecule has 0 aromatic heterocycles. The van der Waals surface area contributed by atoms with Crippen LogP contribution in [-0.2, 0) is 28.8 Å². The van der Waals surface area contributed by atoms with Crippen molar-refractivity contribution in [2.75, 3.05) is 6.54 Å². The first-order valence-corrected chi connectivity index (χ1v) is 9.69. The lowest BCUT2D eigenvalue weighted by molar-refractivity contribution is -0.139. The third kappa shape index (κ3) is 12.8. The Bertz CT molecular complexity index is 682. The van der Waals surface area contributed by atoms with E-state index in [1.165, 1.54) is 0 Å². The fraction of sp³-hybridized carbons (Fsp3) is 0.667. The number of hydrogen-bond acceptors (Lipinski definition) is 7. The van der Waals surface area contributed by atoms with E-state index in [0.717, 1.165) is 0 Å². The van der Waals surface area contributed by atoms with Gasteiger partial charge in [-0.25, -0.2) is 0 Å². The van der Waals surface area contributed by atoms with Crippen molar-refractivity contribution in [2.24, 2.45) is 17.4 Å². The maximum atomic E-state index is 12.7. The summed E-state index contributed by atoms with van der Waals surface area (Å²) in [5.74, 6) is -5.52. The highest BCUT2D eigenvalue weighted by atomic mass is 16.4. The van der Waals surface area contributed by atoms with E-state index in [1.54, 1.807) is 13.8 Å². The number of amides is 4. The molecule has 0 aromatic rings. The zero-order valence-electron chi connectivity index (χ0n) is 17.6. The number of carbonyl (C=O) groups excluding carboxylic acids is 4. The lowest BCUT2D eigenvalue weighted by atomic mass is 10.0. The van der Waals surface area contributed by atoms with Crippen molar-refractivity contribution < 1.29 is 39.0 Å². The van der Waals surface area contributed by atoms with Gasteiger partial charge in [-0.15, -0.1) is 0 Å². The van der Waals surface area contributed by atoms with Crippen LogP contribution in [0.2, 0.25) is 0 Å². The first kappa shape index (κ1) is 27.8. The van der Waals surface area contributed by atoms with Gasteiger partial charge in [-0.3, -0.25) is 28.8 Å². The lowest BCUT2D eigenvalue weighted by Gasteiger charge is -2.24. The SMILES string of the molecule is CC(C)CC(NC(=O)C(CCC(=O)O)NC(=O)C(N)CCC(N)=O)C(=O)NCC(=O)O. The van der Waals surface area contributed by atoms with Crippen molar-refractivity contribution in [3.05, 3.63) is 0 Å². The Labute approximate surface area is 179 Å². The van der Waals surface area contributed by atoms with Crippen molar-refractivity contribution in [1.29, 1.82) is 0 Å². The number of hydrogen-bond donors (Lipinski definition) is 7. The number of rotatable bonds is 15. The van der Waals surface area contributed by atoms with Crippen molar-refractivity contribution in [3.8, 4) is 0 Å². The molecule has 31 heavy (non-hydrogen) atoms. The van der Waals surface area contributed by atoms with E-state index in [-0.39, 0.29) is 31.6 Å². The molecular formula is C18H31N5O8. The first-order chi connectivity index (χ1) is 14.3. The van der Waals surface area contributed by atoms with Gasteiger partial charge in [0.15, 0.2) is 0 Å². The van der Waals surface area contributed by atoms with E-state index >= 15 is 0 Å². The summed E-state index contributed by atoms with van der Waals surface area (Å²) >= 11 is 0. The standard InChI is InChI=1S/C18H31N5O8/c1-9(2)7-12(17(30)21-8-15(27)28)23-18(31)11(4-6-14(25)26)22-16(29)10(19)3-5-13(20)24/h9-12H,3-8,19H2,1-2H3,(H2,20,24)(H,21,30)(H,22,29)(H,23,31)(H,25,26)(H,27,28). The number of nitrogens with one attached hydrogen (secondary N) is 3. The van der Waals surface area contributed by atoms with Crippen LogP contribution in [0.1, 0.15) is 46.0 Å². The maximum Gasteiger partial charge on any atom is 0.322 e. The molecule has 0 aliphatic carbocycles. The second kappa shape index (κ2) is 13.9. The summed E-state index contributed by atoms with van der Waals surface area (Å²) in [5, 5.41) is 24.5. The molecule has 0 saturated heterocycles. The molecule has 0 spiro atoms. The largest absolute Gasteiger partial charge is 0.481 e. The molecule has 3 atom stereocenters. The second-order valence-electron chi connectivity index (χ2n) is 7.41. The fourth-order valence-corrected chi connectivity index (χ4v) is 2.51. The van der Waals surface area contributed by atoms with Gasteiger partial charge in [0, 0.05) is 12.8 Å². The highest BCUT2D eigenvalue weighted by Crippen LogP contribution is 2.07. The quantitative estimate of drug-likeness (QED) is 0.143. The molecule has 0 rings (SSSR count). The second-order valence-corrected chi connectivity index (χ2v) is 7.41. The monoisotopic (exact) mass is 445 g/mol. The predicted molar refractivity (Wildman–Crippen MR) is 107 cm³/mol. The lowest BCUT2D eigenvalue weighted by Crippen LogP contribution is -2.56. The van der Waals surface area contributed by atoms with Crippen LogP contribution in [0.15, 0.2) is 0 Å². The van der Waals surface area contributed by atoms with Gasteiger partial charge in [-0.1, -0.05) is 13.8 Å². The van der Waals surface area contributed by atoms with Crippen molar-refractivity contribution in [2.45, 2.75) is 64.1 Å². The summed E-state index contributed by atoms with van der Waals surface area (Å²) in [6, 6.07) is -3.57. The third-order valence-corrected chi connectivity index (χ3v) is 4.07. The zero-order valence-corrected chi connectivity index (χ0v) is 17.6. The van der Waals surface area contributed by atoms with E-state index < -0.39 is 66.7 Å². The summed E-state index contributed by atoms with van der Waals surface area (Å²) in [5.41, 5.74) is 10.7. The molecule has 0 aliphatic heterocycles. The van der Waals surface area contributed by atoms with E-state index in [0.29, 0.717) is 0 Å². The molecule has 0 aliphatic rings. The number of nitrogens with two attached hydrogens (primary N) is 2. The summed E-state index contributed by atoms with van der Waals surface area (Å²) in [4.78, 5) is 69.6. The predicted octanol–water partition coefficient (Wildman–Crippen LogP) is -2.34. The molecule has 13 heteroatoms. The Kier molecular flexibility index (Phi) is 12.5. The van der Waals surface area contributed by atoms with Gasteiger partial charge >= 0.3 is 11.9 Å². The smallest absolute Gasteiger partial charge is 0.322 e. The van der Waals surface area contributed by atoms with Crippen LogP contribution in [0.3, 0.4) is 0 Å². The van der Waals surface area contributed by atoms with Crippen LogP contribution in [-0.4, -0.2) is 70.5 Å². The van der Waals surface area contributed by atoms with Gasteiger partial charge < -0.3 is 37.6 Å². The molecular weight excluding hydrogens is 414 g/mol. The highest BCUT2D eigenvalue weighted by Gasteiger charge is 2.29.